The van der Waals surface area contributed by atoms with E-state index in [9.17, 15) is 13.6 Å². The molecule has 0 bridgehead atoms. The van der Waals surface area contributed by atoms with Crippen LogP contribution in [-0.4, -0.2) is 73.6 Å². The molecular weight excluding hydrogens is 280 g/mol. The first-order valence-electron chi connectivity index (χ1n) is 7.69. The molecule has 21 heavy (non-hydrogen) atoms. The third kappa shape index (κ3) is 5.16. The Balaban J connectivity index is 1.66. The van der Waals surface area contributed by atoms with Gasteiger partial charge < -0.3 is 15.4 Å². The Kier molecular flexibility index (Phi) is 6.32. The Labute approximate surface area is 124 Å². The lowest BCUT2D eigenvalue weighted by molar-refractivity contribution is -0.131. The molecular formula is C14H25F2N3O2. The lowest BCUT2D eigenvalue weighted by atomic mass is 10.0. The smallest absolute Gasteiger partial charge is 0.261 e. The van der Waals surface area contributed by atoms with Gasteiger partial charge in [-0.3, -0.25) is 9.69 Å². The maximum absolute atomic E-state index is 12.0. The molecule has 0 aromatic heterocycles. The molecule has 0 aromatic carbocycles. The normalized spacial score (nSPS) is 25.0. The van der Waals surface area contributed by atoms with Crippen LogP contribution in [0.25, 0.3) is 0 Å². The Morgan fingerprint density at radius 1 is 1.24 bits per heavy atom. The third-order valence-corrected chi connectivity index (χ3v) is 4.31. The van der Waals surface area contributed by atoms with Crippen LogP contribution in [0.2, 0.25) is 0 Å². The minimum absolute atomic E-state index is 0.000442. The number of hydrogen-bond acceptors (Lipinski definition) is 4. The summed E-state index contributed by atoms with van der Waals surface area (Å²) in [5.41, 5.74) is 5.90. The highest BCUT2D eigenvalue weighted by molar-refractivity contribution is 5.76. The first-order valence-corrected chi connectivity index (χ1v) is 7.69. The number of carbonyl (C=O) groups excluding carboxylic acids is 1. The molecule has 1 atom stereocenters. The molecule has 0 spiro atoms. The molecule has 1 amide bonds. The van der Waals surface area contributed by atoms with Gasteiger partial charge in [-0.1, -0.05) is 0 Å². The van der Waals surface area contributed by atoms with E-state index < -0.39 is 13.0 Å². The zero-order valence-electron chi connectivity index (χ0n) is 12.3. The van der Waals surface area contributed by atoms with E-state index in [0.717, 1.165) is 45.4 Å². The fraction of sp³-hybridized carbons (Fsp3) is 0.929. The van der Waals surface area contributed by atoms with Gasteiger partial charge in [0.25, 0.3) is 6.43 Å². The number of amides is 1. The summed E-state index contributed by atoms with van der Waals surface area (Å²) < 4.78 is 28.6. The summed E-state index contributed by atoms with van der Waals surface area (Å²) in [4.78, 5) is 16.2. The second kappa shape index (κ2) is 8.00. The van der Waals surface area contributed by atoms with Crippen LogP contribution in [0.5, 0.6) is 0 Å². The van der Waals surface area contributed by atoms with Gasteiger partial charge in [0, 0.05) is 25.2 Å². The van der Waals surface area contributed by atoms with E-state index in [1.807, 2.05) is 4.90 Å². The van der Waals surface area contributed by atoms with Crippen molar-refractivity contribution in [2.24, 2.45) is 5.73 Å². The standard InChI is InChI=1S/C14H25F2N3O2/c15-13(16)10-21-8-4-14(20)19-7-3-12(9-19)18-5-1-11(17)2-6-18/h11-13H,1-10,17H2. The molecule has 0 aliphatic carbocycles. The summed E-state index contributed by atoms with van der Waals surface area (Å²) in [5.74, 6) is 0.000442. The molecule has 1 unspecified atom stereocenters. The van der Waals surface area contributed by atoms with E-state index >= 15 is 0 Å². The first kappa shape index (κ1) is 16.6. The SMILES string of the molecule is NC1CCN(C2CCN(C(=O)CCOCC(F)F)C2)CC1. The number of alkyl halides is 2. The number of nitrogens with two attached hydrogens (primary N) is 1. The number of carbonyl (C=O) groups is 1. The van der Waals surface area contributed by atoms with Crippen molar-refractivity contribution in [1.29, 1.82) is 0 Å². The summed E-state index contributed by atoms with van der Waals surface area (Å²) in [6, 6.07) is 0.732. The quantitative estimate of drug-likeness (QED) is 0.733. The predicted octanol–water partition coefficient (Wildman–Crippen LogP) is 0.682. The zero-order chi connectivity index (χ0) is 15.2. The van der Waals surface area contributed by atoms with Crippen LogP contribution in [0, 0.1) is 0 Å². The molecule has 2 heterocycles. The van der Waals surface area contributed by atoms with E-state index in [2.05, 4.69) is 4.90 Å². The number of hydrogen-bond donors (Lipinski definition) is 1. The van der Waals surface area contributed by atoms with Gasteiger partial charge in [0.1, 0.15) is 6.61 Å². The van der Waals surface area contributed by atoms with Crippen molar-refractivity contribution in [2.45, 2.75) is 44.2 Å². The number of rotatable bonds is 6. The molecule has 2 aliphatic heterocycles. The van der Waals surface area contributed by atoms with Crippen molar-refractivity contribution >= 4 is 5.91 Å². The average molecular weight is 305 g/mol. The largest absolute Gasteiger partial charge is 0.375 e. The van der Waals surface area contributed by atoms with Crippen LogP contribution in [0.4, 0.5) is 8.78 Å². The average Bonchev–Trinajstić information content (AvgIpc) is 2.94. The highest BCUT2D eigenvalue weighted by Crippen LogP contribution is 2.20. The summed E-state index contributed by atoms with van der Waals surface area (Å²) in [5, 5.41) is 0. The fourth-order valence-electron chi connectivity index (χ4n) is 3.04. The van der Waals surface area contributed by atoms with Crippen molar-refractivity contribution in [2.75, 3.05) is 39.4 Å². The molecule has 2 saturated heterocycles. The number of likely N-dealkylation sites (tertiary alicyclic amines) is 2. The maximum Gasteiger partial charge on any atom is 0.261 e. The molecule has 0 saturated carbocycles. The van der Waals surface area contributed by atoms with Gasteiger partial charge in [0.2, 0.25) is 5.91 Å². The van der Waals surface area contributed by atoms with E-state index in [1.165, 1.54) is 0 Å². The molecule has 122 valence electrons. The second-order valence-electron chi connectivity index (χ2n) is 5.87. The highest BCUT2D eigenvalue weighted by Gasteiger charge is 2.31. The lowest BCUT2D eigenvalue weighted by Crippen LogP contribution is -2.46. The minimum atomic E-state index is -2.47. The molecule has 2 N–H and O–H groups in total. The van der Waals surface area contributed by atoms with E-state index in [4.69, 9.17) is 10.5 Å². The van der Waals surface area contributed by atoms with Crippen LogP contribution < -0.4 is 5.73 Å². The van der Waals surface area contributed by atoms with E-state index in [1.54, 1.807) is 0 Å². The van der Waals surface area contributed by atoms with Gasteiger partial charge >= 0.3 is 0 Å². The number of halogens is 2. The highest BCUT2D eigenvalue weighted by atomic mass is 19.3. The second-order valence-corrected chi connectivity index (χ2v) is 5.87. The Hall–Kier alpha value is -0.790. The summed E-state index contributed by atoms with van der Waals surface area (Å²) in [7, 11) is 0. The van der Waals surface area contributed by atoms with Crippen LogP contribution >= 0.6 is 0 Å². The van der Waals surface area contributed by atoms with E-state index in [0.29, 0.717) is 12.1 Å². The number of piperidine rings is 1. The molecule has 7 heteroatoms. The Bertz CT molecular complexity index is 336. The molecule has 2 rings (SSSR count). The topological polar surface area (TPSA) is 58.8 Å². The van der Waals surface area contributed by atoms with Gasteiger partial charge in [-0.05, 0) is 32.4 Å². The van der Waals surface area contributed by atoms with E-state index in [-0.39, 0.29) is 18.9 Å². The molecule has 2 aliphatic rings. The van der Waals surface area contributed by atoms with Crippen molar-refractivity contribution in [3.8, 4) is 0 Å². The lowest BCUT2D eigenvalue weighted by Gasteiger charge is -2.34. The molecule has 2 fully saturated rings. The first-order chi connectivity index (χ1) is 10.1. The van der Waals surface area contributed by atoms with Crippen molar-refractivity contribution in [3.63, 3.8) is 0 Å². The summed E-state index contributed by atoms with van der Waals surface area (Å²) in [6.07, 6.45) is 0.739. The van der Waals surface area contributed by atoms with Gasteiger partial charge in [0.05, 0.1) is 13.0 Å². The Morgan fingerprint density at radius 2 is 1.95 bits per heavy atom. The number of nitrogens with zero attached hydrogens (tertiary/aromatic N) is 2. The van der Waals surface area contributed by atoms with Crippen molar-refractivity contribution < 1.29 is 18.3 Å². The van der Waals surface area contributed by atoms with Crippen LogP contribution in [0.3, 0.4) is 0 Å². The van der Waals surface area contributed by atoms with Crippen LogP contribution in [-0.2, 0) is 9.53 Å². The molecule has 0 aromatic rings. The zero-order valence-corrected chi connectivity index (χ0v) is 12.3. The van der Waals surface area contributed by atoms with Gasteiger partial charge in [0.15, 0.2) is 0 Å². The number of ether oxygens (including phenoxy) is 1. The fourth-order valence-corrected chi connectivity index (χ4v) is 3.04. The minimum Gasteiger partial charge on any atom is -0.375 e. The third-order valence-electron chi connectivity index (χ3n) is 4.31. The van der Waals surface area contributed by atoms with Crippen molar-refractivity contribution in [3.05, 3.63) is 0 Å². The molecule has 0 radical (unpaired) electrons. The van der Waals surface area contributed by atoms with Crippen LogP contribution in [0.15, 0.2) is 0 Å². The Morgan fingerprint density at radius 3 is 2.62 bits per heavy atom. The predicted molar refractivity (Wildman–Crippen MR) is 75.2 cm³/mol. The molecule has 5 nitrogen and oxygen atoms in total. The summed E-state index contributed by atoms with van der Waals surface area (Å²) >= 11 is 0. The summed E-state index contributed by atoms with van der Waals surface area (Å²) in [6.45, 7) is 2.98. The van der Waals surface area contributed by atoms with Crippen molar-refractivity contribution in [1.82, 2.24) is 9.80 Å². The van der Waals surface area contributed by atoms with Gasteiger partial charge in [-0.2, -0.15) is 0 Å². The van der Waals surface area contributed by atoms with Gasteiger partial charge in [-0.25, -0.2) is 8.78 Å². The maximum atomic E-state index is 12.0. The van der Waals surface area contributed by atoms with Crippen LogP contribution in [0.1, 0.15) is 25.7 Å². The van der Waals surface area contributed by atoms with Gasteiger partial charge in [-0.15, -0.1) is 0 Å². The monoisotopic (exact) mass is 305 g/mol.